The molecule has 0 radical (unpaired) electrons. The zero-order valence-electron chi connectivity index (χ0n) is 20.1. The van der Waals surface area contributed by atoms with Crippen LogP contribution in [-0.2, 0) is 9.53 Å². The molecule has 37 heavy (non-hydrogen) atoms. The average molecular weight is 515 g/mol. The Balaban J connectivity index is 1.65. The Morgan fingerprint density at radius 1 is 1.14 bits per heavy atom. The Labute approximate surface area is 215 Å². The van der Waals surface area contributed by atoms with Gasteiger partial charge in [-0.1, -0.05) is 47.7 Å². The lowest BCUT2D eigenvalue weighted by Crippen LogP contribution is -2.40. The summed E-state index contributed by atoms with van der Waals surface area (Å²) in [5.74, 6) is 1.92. The zero-order valence-corrected chi connectivity index (χ0v) is 20.9. The van der Waals surface area contributed by atoms with Crippen LogP contribution in [0.15, 0.2) is 80.4 Å². The van der Waals surface area contributed by atoms with E-state index in [0.717, 1.165) is 11.3 Å². The van der Waals surface area contributed by atoms with E-state index in [-0.39, 0.29) is 24.5 Å². The van der Waals surface area contributed by atoms with Crippen molar-refractivity contribution < 1.29 is 23.4 Å². The molecular weight excluding hydrogens is 492 g/mol. The normalized spacial score (nSPS) is 16.5. The van der Waals surface area contributed by atoms with Crippen molar-refractivity contribution in [1.82, 2.24) is 4.57 Å². The summed E-state index contributed by atoms with van der Waals surface area (Å²) in [5, 5.41) is 0. The van der Waals surface area contributed by atoms with Gasteiger partial charge in [-0.15, -0.1) is 0 Å². The first-order valence-electron chi connectivity index (χ1n) is 11.8. The number of ether oxygens (including phenoxy) is 3. The van der Waals surface area contributed by atoms with Crippen LogP contribution in [0.25, 0.3) is 11.8 Å². The van der Waals surface area contributed by atoms with Crippen molar-refractivity contribution in [2.45, 2.75) is 19.9 Å². The number of nitrogens with zero attached hydrogens (tertiary/aromatic N) is 2. The minimum absolute atomic E-state index is 0.111. The van der Waals surface area contributed by atoms with Crippen LogP contribution in [0.3, 0.4) is 0 Å². The highest BCUT2D eigenvalue weighted by molar-refractivity contribution is 7.07. The molecule has 2 aliphatic heterocycles. The number of aryl methyl sites for hydroxylation is 1. The number of fused-ring (bicyclic) bond motifs is 2. The van der Waals surface area contributed by atoms with Gasteiger partial charge in [0.25, 0.3) is 5.56 Å². The van der Waals surface area contributed by atoms with Crippen molar-refractivity contribution in [3.05, 3.63) is 109 Å². The summed E-state index contributed by atoms with van der Waals surface area (Å²) in [4.78, 5) is 32.6. The predicted molar refractivity (Wildman–Crippen MR) is 137 cm³/mol. The molecule has 0 bridgehead atoms. The number of esters is 1. The van der Waals surface area contributed by atoms with Gasteiger partial charge in [0.05, 0.1) is 28.5 Å². The summed E-state index contributed by atoms with van der Waals surface area (Å²) < 4.78 is 24.2. The molecule has 0 amide bonds. The minimum Gasteiger partial charge on any atom is -0.463 e. The van der Waals surface area contributed by atoms with Crippen molar-refractivity contribution in [3.8, 4) is 11.5 Å². The van der Waals surface area contributed by atoms with Crippen LogP contribution in [0, 0.1) is 6.92 Å². The fourth-order valence-corrected chi connectivity index (χ4v) is 5.48. The molecule has 4 heterocycles. The molecule has 2 aromatic heterocycles. The van der Waals surface area contributed by atoms with Gasteiger partial charge in [-0.3, -0.25) is 9.36 Å². The van der Waals surface area contributed by atoms with Crippen LogP contribution in [0.4, 0.5) is 0 Å². The number of hydrogen-bond donors (Lipinski definition) is 0. The number of carbonyl (C=O) groups is 1. The lowest BCUT2D eigenvalue weighted by atomic mass is 9.93. The van der Waals surface area contributed by atoms with Gasteiger partial charge in [-0.2, -0.15) is 0 Å². The Morgan fingerprint density at radius 2 is 1.95 bits per heavy atom. The van der Waals surface area contributed by atoms with Gasteiger partial charge in [0.1, 0.15) is 11.5 Å². The molecule has 1 unspecified atom stereocenters. The first kappa shape index (κ1) is 23.1. The fraction of sp³-hybridized carbons (Fsp3) is 0.179. The highest BCUT2D eigenvalue weighted by Gasteiger charge is 2.36. The highest BCUT2D eigenvalue weighted by Crippen LogP contribution is 2.40. The molecule has 0 N–H and O–H groups in total. The van der Waals surface area contributed by atoms with Gasteiger partial charge in [-0.05, 0) is 43.7 Å². The second-order valence-electron chi connectivity index (χ2n) is 8.49. The van der Waals surface area contributed by atoms with E-state index in [1.165, 1.54) is 11.3 Å². The van der Waals surface area contributed by atoms with E-state index < -0.39 is 12.0 Å². The van der Waals surface area contributed by atoms with Gasteiger partial charge in [0.15, 0.2) is 16.3 Å². The Hall–Kier alpha value is -4.37. The molecule has 186 valence electrons. The molecule has 6 rings (SSSR count). The molecule has 2 aromatic carbocycles. The van der Waals surface area contributed by atoms with Crippen molar-refractivity contribution in [2.24, 2.45) is 4.99 Å². The van der Waals surface area contributed by atoms with E-state index >= 15 is 0 Å². The maximum absolute atomic E-state index is 13.8. The van der Waals surface area contributed by atoms with E-state index in [2.05, 4.69) is 0 Å². The van der Waals surface area contributed by atoms with Gasteiger partial charge >= 0.3 is 5.97 Å². The topological polar surface area (TPSA) is 92.3 Å². The maximum Gasteiger partial charge on any atom is 0.338 e. The third-order valence-corrected chi connectivity index (χ3v) is 7.10. The molecule has 0 fully saturated rings. The van der Waals surface area contributed by atoms with E-state index in [4.69, 9.17) is 23.6 Å². The first-order chi connectivity index (χ1) is 18.0. The minimum atomic E-state index is -0.791. The Kier molecular flexibility index (Phi) is 5.77. The number of thiazole rings is 1. The van der Waals surface area contributed by atoms with Crippen LogP contribution in [0.2, 0.25) is 0 Å². The smallest absolute Gasteiger partial charge is 0.338 e. The fourth-order valence-electron chi connectivity index (χ4n) is 4.50. The molecule has 0 aliphatic carbocycles. The number of benzene rings is 2. The summed E-state index contributed by atoms with van der Waals surface area (Å²) in [6.07, 6.45) is 1.70. The molecule has 9 heteroatoms. The van der Waals surface area contributed by atoms with Crippen molar-refractivity contribution in [3.63, 3.8) is 0 Å². The first-order valence-corrected chi connectivity index (χ1v) is 12.6. The second-order valence-corrected chi connectivity index (χ2v) is 9.50. The molecule has 0 saturated heterocycles. The molecule has 8 nitrogen and oxygen atoms in total. The summed E-state index contributed by atoms with van der Waals surface area (Å²) in [6.45, 7) is 3.88. The molecular formula is C28H22N2O6S. The third kappa shape index (κ3) is 4.07. The molecule has 4 aromatic rings. The quantitative estimate of drug-likeness (QED) is 0.378. The Bertz CT molecular complexity index is 1730. The third-order valence-electron chi connectivity index (χ3n) is 6.12. The standard InChI is InChI=1S/C28H22N2O6S/c1-3-33-27(32)23-24(17-7-5-4-6-8-17)29-28-30(25(23)18-10-12-20-21(13-18)35-15-34-20)26(31)22(37-28)14-19-11-9-16(2)36-19/h4-14,25H,3,15H2,1-2H3/b22-14-. The predicted octanol–water partition coefficient (Wildman–Crippen LogP) is 3.57. The van der Waals surface area contributed by atoms with Crippen LogP contribution < -0.4 is 24.4 Å². The Morgan fingerprint density at radius 3 is 2.70 bits per heavy atom. The summed E-state index contributed by atoms with van der Waals surface area (Å²) in [7, 11) is 0. The molecule has 0 saturated carbocycles. The number of aromatic nitrogens is 1. The number of hydrogen-bond acceptors (Lipinski definition) is 8. The summed E-state index contributed by atoms with van der Waals surface area (Å²) in [6, 6.07) is 17.7. The number of carbonyl (C=O) groups excluding carboxylic acids is 1. The summed E-state index contributed by atoms with van der Waals surface area (Å²) in [5.41, 5.74) is 1.88. The molecule has 1 atom stereocenters. The van der Waals surface area contributed by atoms with E-state index in [9.17, 15) is 9.59 Å². The largest absolute Gasteiger partial charge is 0.463 e. The van der Waals surface area contributed by atoms with Crippen LogP contribution in [0.5, 0.6) is 11.5 Å². The second kappa shape index (κ2) is 9.25. The van der Waals surface area contributed by atoms with E-state index in [0.29, 0.717) is 37.9 Å². The number of furan rings is 1. The van der Waals surface area contributed by atoms with Crippen LogP contribution in [-0.4, -0.2) is 23.9 Å². The van der Waals surface area contributed by atoms with Gasteiger partial charge < -0.3 is 18.6 Å². The van der Waals surface area contributed by atoms with E-state index in [1.807, 2.05) is 55.5 Å². The van der Waals surface area contributed by atoms with Gasteiger partial charge in [0, 0.05) is 11.6 Å². The van der Waals surface area contributed by atoms with Crippen molar-refractivity contribution in [1.29, 1.82) is 0 Å². The van der Waals surface area contributed by atoms with Crippen LogP contribution in [0.1, 0.15) is 35.6 Å². The number of rotatable bonds is 5. The van der Waals surface area contributed by atoms with Crippen molar-refractivity contribution >= 4 is 29.1 Å². The van der Waals surface area contributed by atoms with Crippen molar-refractivity contribution in [2.75, 3.05) is 13.4 Å². The summed E-state index contributed by atoms with van der Waals surface area (Å²) >= 11 is 1.24. The van der Waals surface area contributed by atoms with Gasteiger partial charge in [-0.25, -0.2) is 9.79 Å². The zero-order chi connectivity index (χ0) is 25.5. The SMILES string of the molecule is CCOC(=O)C1=C(c2ccccc2)N=c2s/c(=C\c3ccc(C)o3)c(=O)n2C1c1ccc2c(c1)OCO2. The lowest BCUT2D eigenvalue weighted by Gasteiger charge is -2.26. The average Bonchev–Trinajstić information content (AvgIpc) is 3.62. The van der Waals surface area contributed by atoms with E-state index in [1.54, 1.807) is 29.7 Å². The highest BCUT2D eigenvalue weighted by atomic mass is 32.1. The lowest BCUT2D eigenvalue weighted by molar-refractivity contribution is -0.138. The monoisotopic (exact) mass is 514 g/mol. The molecule has 0 spiro atoms. The van der Waals surface area contributed by atoms with Crippen LogP contribution >= 0.6 is 11.3 Å². The van der Waals surface area contributed by atoms with Gasteiger partial charge in [0.2, 0.25) is 6.79 Å². The maximum atomic E-state index is 13.8. The molecule has 2 aliphatic rings.